The minimum absolute atomic E-state index is 0.236. The molecular weight excluding hydrogens is 152 g/mol. The van der Waals surface area contributed by atoms with E-state index in [1.54, 1.807) is 19.0 Å². The van der Waals surface area contributed by atoms with Crippen LogP contribution in [-0.4, -0.2) is 38.5 Å². The Labute approximate surface area is 75.1 Å². The molecule has 0 saturated heterocycles. The quantitative estimate of drug-likeness (QED) is 0.603. The van der Waals surface area contributed by atoms with Crippen molar-refractivity contribution in [2.75, 3.05) is 27.7 Å². The van der Waals surface area contributed by atoms with E-state index in [1.165, 1.54) is 0 Å². The highest BCUT2D eigenvalue weighted by Crippen LogP contribution is 2.00. The fourth-order valence-electron chi connectivity index (χ4n) is 0.978. The van der Waals surface area contributed by atoms with Gasteiger partial charge in [-0.15, -0.1) is 0 Å². The first kappa shape index (κ1) is 11.4. The van der Waals surface area contributed by atoms with Crippen LogP contribution in [0.25, 0.3) is 0 Å². The van der Waals surface area contributed by atoms with Crippen molar-refractivity contribution in [3.05, 3.63) is 0 Å². The molecule has 0 aliphatic rings. The molecule has 0 bridgehead atoms. The smallest absolute Gasteiger partial charge is 0.222 e. The molecule has 0 fully saturated rings. The predicted octanol–water partition coefficient (Wildman–Crippen LogP) is 0.854. The first-order chi connectivity index (χ1) is 5.68. The van der Waals surface area contributed by atoms with E-state index in [9.17, 15) is 4.79 Å². The van der Waals surface area contributed by atoms with E-state index < -0.39 is 0 Å². The largest absolute Gasteiger partial charge is 0.349 e. The van der Waals surface area contributed by atoms with Gasteiger partial charge in [0.2, 0.25) is 5.91 Å². The van der Waals surface area contributed by atoms with Gasteiger partial charge in [0.1, 0.15) is 0 Å². The maximum Gasteiger partial charge on any atom is 0.222 e. The molecule has 0 aromatic carbocycles. The van der Waals surface area contributed by atoms with Gasteiger partial charge in [-0.2, -0.15) is 0 Å². The second-order valence-corrected chi connectivity index (χ2v) is 3.20. The van der Waals surface area contributed by atoms with Crippen LogP contribution in [0.4, 0.5) is 0 Å². The van der Waals surface area contributed by atoms with E-state index in [0.717, 1.165) is 25.8 Å². The fourth-order valence-corrected chi connectivity index (χ4v) is 0.978. The number of carbonyl (C=O) groups excluding carboxylic acids is 1. The van der Waals surface area contributed by atoms with Gasteiger partial charge in [0.15, 0.2) is 0 Å². The molecule has 0 unspecified atom stereocenters. The molecule has 0 aromatic rings. The number of amides is 1. The topological polar surface area (TPSA) is 32.3 Å². The van der Waals surface area contributed by atoms with Gasteiger partial charge >= 0.3 is 0 Å². The number of hydrogen-bond donors (Lipinski definition) is 1. The summed E-state index contributed by atoms with van der Waals surface area (Å²) in [4.78, 5) is 12.7. The highest BCUT2D eigenvalue weighted by Gasteiger charge is 2.01. The molecule has 3 heteroatoms. The monoisotopic (exact) mass is 172 g/mol. The Morgan fingerprint density at radius 3 is 2.42 bits per heavy atom. The lowest BCUT2D eigenvalue weighted by molar-refractivity contribution is -0.128. The molecule has 0 spiro atoms. The molecule has 3 nitrogen and oxygen atoms in total. The normalized spacial score (nSPS) is 9.92. The Morgan fingerprint density at radius 2 is 1.92 bits per heavy atom. The van der Waals surface area contributed by atoms with Crippen LogP contribution in [-0.2, 0) is 4.79 Å². The zero-order valence-corrected chi connectivity index (χ0v) is 8.39. The standard InChI is InChI=1S/C9H20N2O/c1-10-8-6-4-5-7-9(12)11(2)3/h10H,4-8H2,1-3H3. The molecule has 12 heavy (non-hydrogen) atoms. The molecule has 72 valence electrons. The van der Waals surface area contributed by atoms with E-state index in [-0.39, 0.29) is 5.91 Å². The minimum atomic E-state index is 0.236. The van der Waals surface area contributed by atoms with Crippen LogP contribution in [0.2, 0.25) is 0 Å². The number of unbranched alkanes of at least 4 members (excludes halogenated alkanes) is 2. The first-order valence-electron chi connectivity index (χ1n) is 4.53. The van der Waals surface area contributed by atoms with Crippen molar-refractivity contribution >= 4 is 5.91 Å². The van der Waals surface area contributed by atoms with Gasteiger partial charge in [-0.1, -0.05) is 6.42 Å². The molecule has 0 aromatic heterocycles. The molecule has 1 amide bonds. The average Bonchev–Trinajstić information content (AvgIpc) is 2.03. The number of nitrogens with one attached hydrogen (secondary N) is 1. The summed E-state index contributed by atoms with van der Waals surface area (Å²) in [6.07, 6.45) is 4.01. The van der Waals surface area contributed by atoms with Crippen LogP contribution in [0, 0.1) is 0 Å². The van der Waals surface area contributed by atoms with E-state index in [0.29, 0.717) is 6.42 Å². The van der Waals surface area contributed by atoms with Gasteiger partial charge in [-0.25, -0.2) is 0 Å². The average molecular weight is 172 g/mol. The molecule has 0 aliphatic carbocycles. The van der Waals surface area contributed by atoms with Gasteiger partial charge in [-0.3, -0.25) is 4.79 Å². The van der Waals surface area contributed by atoms with Gasteiger partial charge < -0.3 is 10.2 Å². The van der Waals surface area contributed by atoms with Crippen LogP contribution in [0.5, 0.6) is 0 Å². The van der Waals surface area contributed by atoms with Gasteiger partial charge in [-0.05, 0) is 26.4 Å². The van der Waals surface area contributed by atoms with Crippen molar-refractivity contribution in [3.8, 4) is 0 Å². The SMILES string of the molecule is CNCCCCCC(=O)N(C)C. The number of nitrogens with zero attached hydrogens (tertiary/aromatic N) is 1. The molecule has 0 atom stereocenters. The molecule has 0 aliphatic heterocycles. The maximum atomic E-state index is 11.1. The van der Waals surface area contributed by atoms with Crippen LogP contribution < -0.4 is 5.32 Å². The van der Waals surface area contributed by atoms with Crippen LogP contribution >= 0.6 is 0 Å². The zero-order chi connectivity index (χ0) is 9.40. The summed E-state index contributed by atoms with van der Waals surface area (Å²) in [5.74, 6) is 0.236. The third-order valence-corrected chi connectivity index (χ3v) is 1.82. The molecule has 0 heterocycles. The van der Waals surface area contributed by atoms with Gasteiger partial charge in [0.05, 0.1) is 0 Å². The lowest BCUT2D eigenvalue weighted by Crippen LogP contribution is -2.21. The Morgan fingerprint density at radius 1 is 1.25 bits per heavy atom. The van der Waals surface area contributed by atoms with Gasteiger partial charge in [0.25, 0.3) is 0 Å². The van der Waals surface area contributed by atoms with E-state index in [2.05, 4.69) is 5.32 Å². The van der Waals surface area contributed by atoms with Crippen molar-refractivity contribution in [1.82, 2.24) is 10.2 Å². The van der Waals surface area contributed by atoms with E-state index >= 15 is 0 Å². The van der Waals surface area contributed by atoms with Gasteiger partial charge in [0, 0.05) is 20.5 Å². The summed E-state index contributed by atoms with van der Waals surface area (Å²) in [5.41, 5.74) is 0. The minimum Gasteiger partial charge on any atom is -0.349 e. The number of hydrogen-bond acceptors (Lipinski definition) is 2. The van der Waals surface area contributed by atoms with Crippen molar-refractivity contribution < 1.29 is 4.79 Å². The summed E-state index contributed by atoms with van der Waals surface area (Å²) >= 11 is 0. The molecule has 1 N–H and O–H groups in total. The number of rotatable bonds is 6. The third-order valence-electron chi connectivity index (χ3n) is 1.82. The first-order valence-corrected chi connectivity index (χ1v) is 4.53. The van der Waals surface area contributed by atoms with Crippen LogP contribution in [0.3, 0.4) is 0 Å². The molecule has 0 rings (SSSR count). The zero-order valence-electron chi connectivity index (χ0n) is 8.39. The maximum absolute atomic E-state index is 11.1. The summed E-state index contributed by atoms with van der Waals surface area (Å²) in [6, 6.07) is 0. The van der Waals surface area contributed by atoms with E-state index in [4.69, 9.17) is 0 Å². The fraction of sp³-hybridized carbons (Fsp3) is 0.889. The lowest BCUT2D eigenvalue weighted by atomic mass is 10.2. The number of carbonyl (C=O) groups is 1. The summed E-state index contributed by atoms with van der Waals surface area (Å²) < 4.78 is 0. The Kier molecular flexibility index (Phi) is 6.76. The highest BCUT2D eigenvalue weighted by atomic mass is 16.2. The molecule has 0 radical (unpaired) electrons. The summed E-state index contributed by atoms with van der Waals surface area (Å²) in [7, 11) is 5.55. The Balaban J connectivity index is 3.14. The molecule has 0 saturated carbocycles. The molecular formula is C9H20N2O. The van der Waals surface area contributed by atoms with Crippen molar-refractivity contribution in [1.29, 1.82) is 0 Å². The second-order valence-electron chi connectivity index (χ2n) is 3.20. The second kappa shape index (κ2) is 7.10. The van der Waals surface area contributed by atoms with Crippen molar-refractivity contribution in [2.24, 2.45) is 0 Å². The highest BCUT2D eigenvalue weighted by molar-refractivity contribution is 5.75. The van der Waals surface area contributed by atoms with Crippen molar-refractivity contribution in [2.45, 2.75) is 25.7 Å². The third kappa shape index (κ3) is 6.16. The summed E-state index contributed by atoms with van der Waals surface area (Å²) in [6.45, 7) is 1.05. The predicted molar refractivity (Wildman–Crippen MR) is 51.1 cm³/mol. The van der Waals surface area contributed by atoms with E-state index in [1.807, 2.05) is 7.05 Å². The van der Waals surface area contributed by atoms with Crippen molar-refractivity contribution in [3.63, 3.8) is 0 Å². The summed E-state index contributed by atoms with van der Waals surface area (Å²) in [5, 5.41) is 3.08. The lowest BCUT2D eigenvalue weighted by Gasteiger charge is -2.09. The van der Waals surface area contributed by atoms with Crippen LogP contribution in [0.15, 0.2) is 0 Å². The van der Waals surface area contributed by atoms with Crippen LogP contribution in [0.1, 0.15) is 25.7 Å². The Bertz CT molecular complexity index is 124. The Hall–Kier alpha value is -0.570.